The van der Waals surface area contributed by atoms with E-state index in [-0.39, 0.29) is 28.0 Å². The fourth-order valence-corrected chi connectivity index (χ4v) is 3.45. The first-order chi connectivity index (χ1) is 13.2. The predicted octanol–water partition coefficient (Wildman–Crippen LogP) is 2.95. The van der Waals surface area contributed by atoms with E-state index in [0.717, 1.165) is 11.6 Å². The van der Waals surface area contributed by atoms with Gasteiger partial charge in [-0.3, -0.25) is 4.79 Å². The van der Waals surface area contributed by atoms with Gasteiger partial charge in [0.05, 0.1) is 18.3 Å². The third-order valence-corrected chi connectivity index (χ3v) is 4.96. The van der Waals surface area contributed by atoms with E-state index >= 15 is 0 Å². The largest absolute Gasteiger partial charge is 0.508 e. The number of hydrogen-bond donors (Lipinski definition) is 3. The molecular formula is C21H20O7. The fraction of sp³-hybridized carbons (Fsp3) is 0.286. The van der Waals surface area contributed by atoms with E-state index in [1.54, 1.807) is 26.0 Å². The first kappa shape index (κ1) is 18.2. The lowest BCUT2D eigenvalue weighted by Crippen LogP contribution is -2.39. The van der Waals surface area contributed by atoms with E-state index < -0.39 is 17.1 Å². The molecule has 0 spiro atoms. The molecule has 1 aliphatic rings. The first-order valence-electron chi connectivity index (χ1n) is 8.77. The second kappa shape index (κ2) is 6.17. The minimum atomic E-state index is -1.04. The van der Waals surface area contributed by atoms with Gasteiger partial charge in [0.1, 0.15) is 34.8 Å². The molecule has 0 saturated heterocycles. The highest BCUT2D eigenvalue weighted by molar-refractivity contribution is 5.88. The van der Waals surface area contributed by atoms with Crippen LogP contribution in [-0.2, 0) is 6.42 Å². The van der Waals surface area contributed by atoms with Gasteiger partial charge in [-0.1, -0.05) is 0 Å². The summed E-state index contributed by atoms with van der Waals surface area (Å²) in [5.41, 5.74) is 0.194. The molecular weight excluding hydrogens is 364 g/mol. The molecule has 0 aliphatic carbocycles. The van der Waals surface area contributed by atoms with E-state index in [4.69, 9.17) is 13.9 Å². The van der Waals surface area contributed by atoms with E-state index in [2.05, 4.69) is 0 Å². The molecule has 1 aliphatic heterocycles. The zero-order valence-corrected chi connectivity index (χ0v) is 15.6. The van der Waals surface area contributed by atoms with Gasteiger partial charge in [0.2, 0.25) is 5.43 Å². The van der Waals surface area contributed by atoms with Gasteiger partial charge in [-0.2, -0.15) is 0 Å². The predicted molar refractivity (Wildman–Crippen MR) is 102 cm³/mol. The van der Waals surface area contributed by atoms with Crippen LogP contribution in [0, 0.1) is 0 Å². The van der Waals surface area contributed by atoms with Crippen LogP contribution in [0.4, 0.5) is 0 Å². The van der Waals surface area contributed by atoms with Gasteiger partial charge >= 0.3 is 0 Å². The normalized spacial score (nSPS) is 16.1. The maximum absolute atomic E-state index is 13.0. The molecule has 2 aromatic carbocycles. The van der Waals surface area contributed by atoms with Crippen molar-refractivity contribution in [1.82, 2.24) is 0 Å². The lowest BCUT2D eigenvalue weighted by Gasteiger charge is -2.24. The van der Waals surface area contributed by atoms with E-state index in [1.165, 1.54) is 19.4 Å². The maximum atomic E-state index is 13.0. The van der Waals surface area contributed by atoms with Crippen LogP contribution in [0.2, 0.25) is 0 Å². The molecule has 7 nitrogen and oxygen atoms in total. The van der Waals surface area contributed by atoms with Crippen molar-refractivity contribution in [2.24, 2.45) is 0 Å². The van der Waals surface area contributed by atoms with E-state index in [9.17, 15) is 20.1 Å². The Morgan fingerprint density at radius 1 is 1.18 bits per heavy atom. The Balaban J connectivity index is 1.88. The van der Waals surface area contributed by atoms with Crippen molar-refractivity contribution < 1.29 is 29.2 Å². The molecule has 0 amide bonds. The SMILES string of the molecule is COc1cc(-c2coc3cc(O)cc(O)c3c2=O)cc2c1OC(C(C)(C)O)C2. The van der Waals surface area contributed by atoms with Crippen LogP contribution < -0.4 is 14.9 Å². The van der Waals surface area contributed by atoms with E-state index in [0.29, 0.717) is 23.5 Å². The smallest absolute Gasteiger partial charge is 0.204 e. The average Bonchev–Trinajstić information content (AvgIpc) is 3.05. The number of aromatic hydroxyl groups is 2. The Labute approximate surface area is 160 Å². The van der Waals surface area contributed by atoms with Crippen LogP contribution in [0.15, 0.2) is 39.7 Å². The minimum absolute atomic E-state index is 0.0135. The minimum Gasteiger partial charge on any atom is -0.508 e. The summed E-state index contributed by atoms with van der Waals surface area (Å²) >= 11 is 0. The molecule has 1 unspecified atom stereocenters. The lowest BCUT2D eigenvalue weighted by atomic mass is 9.95. The topological polar surface area (TPSA) is 109 Å². The summed E-state index contributed by atoms with van der Waals surface area (Å²) in [4.78, 5) is 13.0. The first-order valence-corrected chi connectivity index (χ1v) is 8.77. The number of phenols is 2. The Morgan fingerprint density at radius 3 is 2.61 bits per heavy atom. The zero-order chi connectivity index (χ0) is 20.2. The Bertz CT molecular complexity index is 1140. The van der Waals surface area contributed by atoms with Crippen LogP contribution >= 0.6 is 0 Å². The van der Waals surface area contributed by atoms with Crippen molar-refractivity contribution in [1.29, 1.82) is 0 Å². The highest BCUT2D eigenvalue weighted by atomic mass is 16.5. The molecule has 146 valence electrons. The van der Waals surface area contributed by atoms with Gasteiger partial charge < -0.3 is 29.2 Å². The third-order valence-electron chi connectivity index (χ3n) is 4.96. The molecule has 0 fully saturated rings. The number of benzene rings is 2. The Kier molecular flexibility index (Phi) is 4.01. The van der Waals surface area contributed by atoms with Gasteiger partial charge in [0, 0.05) is 24.1 Å². The molecule has 0 saturated carbocycles. The summed E-state index contributed by atoms with van der Waals surface area (Å²) in [5.74, 6) is 0.420. The molecule has 2 heterocycles. The van der Waals surface area contributed by atoms with Crippen molar-refractivity contribution in [2.75, 3.05) is 7.11 Å². The van der Waals surface area contributed by atoms with Gasteiger partial charge in [-0.05, 0) is 31.5 Å². The van der Waals surface area contributed by atoms with Crippen molar-refractivity contribution in [2.45, 2.75) is 32.0 Å². The summed E-state index contributed by atoms with van der Waals surface area (Å²) in [6.07, 6.45) is 1.31. The van der Waals surface area contributed by atoms with Crippen molar-refractivity contribution >= 4 is 11.0 Å². The number of ether oxygens (including phenoxy) is 2. The van der Waals surface area contributed by atoms with Crippen LogP contribution in [-0.4, -0.2) is 34.1 Å². The summed E-state index contributed by atoms with van der Waals surface area (Å²) < 4.78 is 16.8. The standard InChI is InChI=1S/C21H20O7/c1-21(2,25)17-6-11-4-10(5-16(26-3)20(11)28-17)13-9-27-15-8-12(22)7-14(23)18(15)19(13)24/h4-5,7-9,17,22-23,25H,6H2,1-3H3. The molecule has 3 aromatic rings. The molecule has 3 N–H and O–H groups in total. The molecule has 4 rings (SSSR count). The summed E-state index contributed by atoms with van der Waals surface area (Å²) in [6.45, 7) is 3.35. The molecule has 7 heteroatoms. The zero-order valence-electron chi connectivity index (χ0n) is 15.6. The molecule has 0 radical (unpaired) electrons. The van der Waals surface area contributed by atoms with Crippen molar-refractivity contribution in [3.63, 3.8) is 0 Å². The van der Waals surface area contributed by atoms with Crippen molar-refractivity contribution in [3.05, 3.63) is 46.3 Å². The number of hydrogen-bond acceptors (Lipinski definition) is 7. The number of methoxy groups -OCH3 is 1. The quantitative estimate of drug-likeness (QED) is 0.637. The second-order valence-corrected chi connectivity index (χ2v) is 7.45. The Hall–Kier alpha value is -3.19. The van der Waals surface area contributed by atoms with E-state index in [1.807, 2.05) is 0 Å². The number of fused-ring (bicyclic) bond motifs is 2. The third kappa shape index (κ3) is 2.84. The summed E-state index contributed by atoms with van der Waals surface area (Å²) in [7, 11) is 1.50. The Morgan fingerprint density at radius 2 is 1.93 bits per heavy atom. The van der Waals surface area contributed by atoms with Crippen LogP contribution in [0.5, 0.6) is 23.0 Å². The monoisotopic (exact) mass is 384 g/mol. The molecule has 1 atom stereocenters. The van der Waals surface area contributed by atoms with Gasteiger partial charge in [-0.25, -0.2) is 0 Å². The number of rotatable bonds is 3. The lowest BCUT2D eigenvalue weighted by molar-refractivity contribution is -0.0235. The maximum Gasteiger partial charge on any atom is 0.204 e. The molecule has 0 bridgehead atoms. The van der Waals surface area contributed by atoms with Crippen LogP contribution in [0.25, 0.3) is 22.1 Å². The average molecular weight is 384 g/mol. The van der Waals surface area contributed by atoms with Crippen LogP contribution in [0.1, 0.15) is 19.4 Å². The van der Waals surface area contributed by atoms with Crippen LogP contribution in [0.3, 0.4) is 0 Å². The number of phenolic OH excluding ortho intramolecular Hbond substituents is 2. The highest BCUT2D eigenvalue weighted by Crippen LogP contribution is 2.43. The van der Waals surface area contributed by atoms with Gasteiger partial charge in [0.15, 0.2) is 11.5 Å². The van der Waals surface area contributed by atoms with Gasteiger partial charge in [0.25, 0.3) is 0 Å². The molecule has 1 aromatic heterocycles. The summed E-state index contributed by atoms with van der Waals surface area (Å²) in [6, 6.07) is 5.81. The van der Waals surface area contributed by atoms with Gasteiger partial charge in [-0.15, -0.1) is 0 Å². The highest BCUT2D eigenvalue weighted by Gasteiger charge is 2.36. The molecule has 28 heavy (non-hydrogen) atoms. The summed E-state index contributed by atoms with van der Waals surface area (Å²) in [5, 5.41) is 29.9. The van der Waals surface area contributed by atoms with Crippen molar-refractivity contribution in [3.8, 4) is 34.1 Å². The fourth-order valence-electron chi connectivity index (χ4n) is 3.45. The second-order valence-electron chi connectivity index (χ2n) is 7.45. The number of aliphatic hydroxyl groups is 1.